The number of carbonyl (C=O) groups excluding carboxylic acids is 1. The largest absolute Gasteiger partial charge is 0.379 e. The lowest BCUT2D eigenvalue weighted by Gasteiger charge is -2.29. The first-order valence-electron chi connectivity index (χ1n) is 8.13. The van der Waals surface area contributed by atoms with Crippen molar-refractivity contribution < 1.29 is 17.9 Å². The lowest BCUT2D eigenvalue weighted by Crippen LogP contribution is -2.46. The summed E-state index contributed by atoms with van der Waals surface area (Å²) in [6, 6.07) is 5.95. The van der Waals surface area contributed by atoms with E-state index >= 15 is 0 Å². The van der Waals surface area contributed by atoms with Gasteiger partial charge in [-0.25, -0.2) is 13.1 Å². The van der Waals surface area contributed by atoms with Crippen molar-refractivity contribution in [2.45, 2.75) is 24.8 Å². The molecule has 1 heterocycles. The van der Waals surface area contributed by atoms with Gasteiger partial charge < -0.3 is 10.1 Å². The Morgan fingerprint density at radius 2 is 1.88 bits per heavy atom. The molecular formula is C16H25N3O4S. The maximum atomic E-state index is 12.3. The Labute approximate surface area is 143 Å². The van der Waals surface area contributed by atoms with Crippen molar-refractivity contribution in [3.63, 3.8) is 0 Å². The minimum Gasteiger partial charge on any atom is -0.379 e. The highest BCUT2D eigenvalue weighted by atomic mass is 32.2. The number of rotatable bonds is 7. The number of sulfonamides is 1. The van der Waals surface area contributed by atoms with Crippen LogP contribution in [0.25, 0.3) is 0 Å². The van der Waals surface area contributed by atoms with E-state index in [9.17, 15) is 13.2 Å². The number of amides is 1. The summed E-state index contributed by atoms with van der Waals surface area (Å²) in [6.07, 6.45) is 0. The van der Waals surface area contributed by atoms with E-state index in [0.717, 1.165) is 32.8 Å². The Hall–Kier alpha value is -1.48. The minimum atomic E-state index is -3.50. The highest BCUT2D eigenvalue weighted by Crippen LogP contribution is 2.10. The SMILES string of the molecule is CCNS(=O)(=O)c1ccc(C(=O)N[C@@H](C)CN2CCOCC2)cc1. The van der Waals surface area contributed by atoms with Crippen molar-refractivity contribution in [2.24, 2.45) is 0 Å². The second kappa shape index (κ2) is 8.57. The molecule has 7 nitrogen and oxygen atoms in total. The Morgan fingerprint density at radius 3 is 2.46 bits per heavy atom. The fraction of sp³-hybridized carbons (Fsp3) is 0.562. The summed E-state index contributed by atoms with van der Waals surface area (Å²) in [4.78, 5) is 14.7. The molecule has 0 bridgehead atoms. The molecule has 1 saturated heterocycles. The predicted octanol–water partition coefficient (Wildman–Crippen LogP) is 0.435. The average Bonchev–Trinajstić information content (AvgIpc) is 2.55. The van der Waals surface area contributed by atoms with Gasteiger partial charge in [-0.3, -0.25) is 9.69 Å². The van der Waals surface area contributed by atoms with Crippen LogP contribution in [0, 0.1) is 0 Å². The van der Waals surface area contributed by atoms with Crippen LogP contribution >= 0.6 is 0 Å². The smallest absolute Gasteiger partial charge is 0.251 e. The van der Waals surface area contributed by atoms with Crippen LogP contribution in [-0.4, -0.2) is 64.7 Å². The van der Waals surface area contributed by atoms with Gasteiger partial charge in [0, 0.05) is 37.8 Å². The van der Waals surface area contributed by atoms with Crippen LogP contribution in [0.2, 0.25) is 0 Å². The van der Waals surface area contributed by atoms with Crippen LogP contribution < -0.4 is 10.0 Å². The Morgan fingerprint density at radius 1 is 1.25 bits per heavy atom. The van der Waals surface area contributed by atoms with E-state index < -0.39 is 10.0 Å². The van der Waals surface area contributed by atoms with Crippen LogP contribution in [0.4, 0.5) is 0 Å². The standard InChI is InChI=1S/C16H25N3O4S/c1-3-17-24(21,22)15-6-4-14(5-7-15)16(20)18-13(2)12-19-8-10-23-11-9-19/h4-7,13,17H,3,8-12H2,1-2H3,(H,18,20)/t13-/m0/s1. The molecule has 24 heavy (non-hydrogen) atoms. The van der Waals surface area contributed by atoms with Gasteiger partial charge in [0.2, 0.25) is 10.0 Å². The van der Waals surface area contributed by atoms with Crippen molar-refractivity contribution in [1.82, 2.24) is 14.9 Å². The Bertz CT molecular complexity index is 640. The zero-order chi connectivity index (χ0) is 17.6. The van der Waals surface area contributed by atoms with E-state index in [0.29, 0.717) is 12.1 Å². The number of carbonyl (C=O) groups is 1. The number of benzene rings is 1. The van der Waals surface area contributed by atoms with Crippen LogP contribution in [0.15, 0.2) is 29.2 Å². The quantitative estimate of drug-likeness (QED) is 0.741. The number of hydrogen-bond acceptors (Lipinski definition) is 5. The predicted molar refractivity (Wildman–Crippen MR) is 91.5 cm³/mol. The number of nitrogens with one attached hydrogen (secondary N) is 2. The normalized spacial score (nSPS) is 17.4. The van der Waals surface area contributed by atoms with Gasteiger partial charge in [0.25, 0.3) is 5.91 Å². The molecule has 1 aliphatic rings. The summed E-state index contributed by atoms with van der Waals surface area (Å²) < 4.78 is 31.5. The van der Waals surface area contributed by atoms with Crippen molar-refractivity contribution in [3.05, 3.63) is 29.8 Å². The van der Waals surface area contributed by atoms with Crippen LogP contribution in [-0.2, 0) is 14.8 Å². The molecular weight excluding hydrogens is 330 g/mol. The highest BCUT2D eigenvalue weighted by Gasteiger charge is 2.17. The number of ether oxygens (including phenoxy) is 1. The molecule has 1 aromatic rings. The third-order valence-electron chi connectivity index (χ3n) is 3.77. The minimum absolute atomic E-state index is 0.000710. The summed E-state index contributed by atoms with van der Waals surface area (Å²) in [5.74, 6) is -0.205. The van der Waals surface area contributed by atoms with Gasteiger partial charge in [0.1, 0.15) is 0 Å². The number of nitrogens with zero attached hydrogens (tertiary/aromatic N) is 1. The van der Waals surface area contributed by atoms with Crippen LogP contribution in [0.3, 0.4) is 0 Å². The second-order valence-corrected chi connectivity index (χ2v) is 7.58. The number of hydrogen-bond donors (Lipinski definition) is 2. The zero-order valence-corrected chi connectivity index (χ0v) is 14.9. The van der Waals surface area contributed by atoms with E-state index in [1.54, 1.807) is 6.92 Å². The van der Waals surface area contributed by atoms with E-state index in [-0.39, 0.29) is 16.8 Å². The fourth-order valence-corrected chi connectivity index (χ4v) is 3.62. The van der Waals surface area contributed by atoms with E-state index in [1.807, 2.05) is 6.92 Å². The summed E-state index contributed by atoms with van der Waals surface area (Å²) in [6.45, 7) is 7.96. The molecule has 1 fully saturated rings. The summed E-state index contributed by atoms with van der Waals surface area (Å²) in [5.41, 5.74) is 0.444. The molecule has 1 aliphatic heterocycles. The van der Waals surface area contributed by atoms with Gasteiger partial charge in [-0.2, -0.15) is 0 Å². The van der Waals surface area contributed by atoms with Crippen molar-refractivity contribution in [3.8, 4) is 0 Å². The lowest BCUT2D eigenvalue weighted by molar-refractivity contribution is 0.0342. The summed E-state index contributed by atoms with van der Waals surface area (Å²) in [5, 5.41) is 2.94. The van der Waals surface area contributed by atoms with E-state index in [1.165, 1.54) is 24.3 Å². The topological polar surface area (TPSA) is 87.7 Å². The Kier molecular flexibility index (Phi) is 6.73. The highest BCUT2D eigenvalue weighted by molar-refractivity contribution is 7.89. The first-order valence-corrected chi connectivity index (χ1v) is 9.61. The Balaban J connectivity index is 1.92. The molecule has 2 N–H and O–H groups in total. The maximum absolute atomic E-state index is 12.3. The molecule has 0 aliphatic carbocycles. The van der Waals surface area contributed by atoms with E-state index in [4.69, 9.17) is 4.74 Å². The zero-order valence-electron chi connectivity index (χ0n) is 14.1. The van der Waals surface area contributed by atoms with Crippen LogP contribution in [0.1, 0.15) is 24.2 Å². The average molecular weight is 355 g/mol. The molecule has 1 aromatic carbocycles. The molecule has 1 atom stereocenters. The second-order valence-electron chi connectivity index (χ2n) is 5.81. The molecule has 8 heteroatoms. The molecule has 2 rings (SSSR count). The van der Waals surface area contributed by atoms with Gasteiger partial charge in [-0.15, -0.1) is 0 Å². The summed E-state index contributed by atoms with van der Waals surface area (Å²) in [7, 11) is -3.50. The third kappa shape index (κ3) is 5.27. The lowest BCUT2D eigenvalue weighted by atomic mass is 10.2. The van der Waals surface area contributed by atoms with Crippen LogP contribution in [0.5, 0.6) is 0 Å². The monoisotopic (exact) mass is 355 g/mol. The van der Waals surface area contributed by atoms with Crippen molar-refractivity contribution in [1.29, 1.82) is 0 Å². The molecule has 0 saturated carbocycles. The molecule has 0 unspecified atom stereocenters. The molecule has 134 valence electrons. The van der Waals surface area contributed by atoms with Crippen molar-refractivity contribution in [2.75, 3.05) is 39.4 Å². The van der Waals surface area contributed by atoms with Gasteiger partial charge >= 0.3 is 0 Å². The number of morpholine rings is 1. The first-order chi connectivity index (χ1) is 11.4. The van der Waals surface area contributed by atoms with Gasteiger partial charge in [-0.1, -0.05) is 6.92 Å². The molecule has 0 aromatic heterocycles. The van der Waals surface area contributed by atoms with Gasteiger partial charge in [-0.05, 0) is 31.2 Å². The van der Waals surface area contributed by atoms with Crippen molar-refractivity contribution >= 4 is 15.9 Å². The molecule has 1 amide bonds. The molecule has 0 spiro atoms. The fourth-order valence-electron chi connectivity index (χ4n) is 2.58. The third-order valence-corrected chi connectivity index (χ3v) is 5.34. The maximum Gasteiger partial charge on any atom is 0.251 e. The van der Waals surface area contributed by atoms with Gasteiger partial charge in [0.05, 0.1) is 18.1 Å². The molecule has 0 radical (unpaired) electrons. The van der Waals surface area contributed by atoms with Gasteiger partial charge in [0.15, 0.2) is 0 Å². The summed E-state index contributed by atoms with van der Waals surface area (Å²) >= 11 is 0. The van der Waals surface area contributed by atoms with E-state index in [2.05, 4.69) is 14.9 Å². The first kappa shape index (κ1) is 18.9.